The molecule has 120 valence electrons. The van der Waals surface area contributed by atoms with Gasteiger partial charge >= 0.3 is 0 Å². The van der Waals surface area contributed by atoms with Crippen LogP contribution in [0.25, 0.3) is 10.9 Å². The summed E-state index contributed by atoms with van der Waals surface area (Å²) in [5.41, 5.74) is 3.22. The van der Waals surface area contributed by atoms with E-state index < -0.39 is 0 Å². The normalized spacial score (nSPS) is 12.7. The Balaban J connectivity index is 1.91. The lowest BCUT2D eigenvalue weighted by molar-refractivity contribution is -0.138. The monoisotopic (exact) mass is 310 g/mol. The van der Waals surface area contributed by atoms with Crippen molar-refractivity contribution in [3.8, 4) is 5.75 Å². The van der Waals surface area contributed by atoms with Crippen molar-refractivity contribution in [3.05, 3.63) is 65.9 Å². The van der Waals surface area contributed by atoms with Crippen LogP contribution >= 0.6 is 0 Å². The fourth-order valence-electron chi connectivity index (χ4n) is 3.00. The van der Waals surface area contributed by atoms with Crippen molar-refractivity contribution in [2.24, 2.45) is 0 Å². The maximum atomic E-state index is 10.6. The van der Waals surface area contributed by atoms with E-state index in [0.29, 0.717) is 6.54 Å². The van der Waals surface area contributed by atoms with Crippen LogP contribution in [-0.2, 0) is 6.54 Å². The van der Waals surface area contributed by atoms with Gasteiger partial charge in [0.15, 0.2) is 0 Å². The molecular weight excluding hydrogens is 288 g/mol. The van der Waals surface area contributed by atoms with Crippen molar-refractivity contribution in [1.82, 2.24) is 10.0 Å². The summed E-state index contributed by atoms with van der Waals surface area (Å²) in [5, 5.41) is 13.1. The highest BCUT2D eigenvalue weighted by Crippen LogP contribution is 2.32. The first-order chi connectivity index (χ1) is 11.2. The highest BCUT2D eigenvalue weighted by molar-refractivity contribution is 5.85. The third kappa shape index (κ3) is 3.23. The number of hydroxylamine groups is 2. The lowest BCUT2D eigenvalue weighted by Gasteiger charge is -2.25. The Labute approximate surface area is 136 Å². The third-order valence-electron chi connectivity index (χ3n) is 4.21. The van der Waals surface area contributed by atoms with Crippen molar-refractivity contribution in [1.29, 1.82) is 0 Å². The smallest absolute Gasteiger partial charge is 0.119 e. The van der Waals surface area contributed by atoms with E-state index in [-0.39, 0.29) is 6.04 Å². The van der Waals surface area contributed by atoms with E-state index in [1.807, 2.05) is 54.7 Å². The van der Waals surface area contributed by atoms with Gasteiger partial charge in [-0.1, -0.05) is 37.3 Å². The number of fused-ring (bicyclic) bond motifs is 1. The summed E-state index contributed by atoms with van der Waals surface area (Å²) in [6.07, 6.45) is 2.79. The lowest BCUT2D eigenvalue weighted by atomic mass is 10.0. The number of aromatic amines is 1. The molecule has 0 aliphatic rings. The third-order valence-corrected chi connectivity index (χ3v) is 4.21. The van der Waals surface area contributed by atoms with Gasteiger partial charge in [-0.2, -0.15) is 5.06 Å². The van der Waals surface area contributed by atoms with E-state index in [4.69, 9.17) is 4.74 Å². The molecule has 0 radical (unpaired) electrons. The van der Waals surface area contributed by atoms with Crippen molar-refractivity contribution in [3.63, 3.8) is 0 Å². The number of H-pyrrole nitrogens is 1. The second-order valence-electron chi connectivity index (χ2n) is 5.66. The summed E-state index contributed by atoms with van der Waals surface area (Å²) in [6, 6.07) is 15.9. The molecule has 0 saturated heterocycles. The fourth-order valence-corrected chi connectivity index (χ4v) is 3.00. The molecule has 2 aromatic carbocycles. The summed E-state index contributed by atoms with van der Waals surface area (Å²) in [7, 11) is 1.67. The van der Waals surface area contributed by atoms with Gasteiger partial charge in [-0.05, 0) is 35.7 Å². The van der Waals surface area contributed by atoms with Gasteiger partial charge in [0.1, 0.15) is 5.75 Å². The van der Waals surface area contributed by atoms with Crippen LogP contribution in [0, 0.1) is 0 Å². The Hall–Kier alpha value is -2.30. The minimum atomic E-state index is -0.0731. The first kappa shape index (κ1) is 15.6. The van der Waals surface area contributed by atoms with Gasteiger partial charge < -0.3 is 14.9 Å². The fraction of sp³-hybridized carbons (Fsp3) is 0.263. The Morgan fingerprint density at radius 1 is 1.17 bits per heavy atom. The van der Waals surface area contributed by atoms with Crippen LogP contribution in [0.15, 0.2) is 54.7 Å². The van der Waals surface area contributed by atoms with Gasteiger partial charge in [0.2, 0.25) is 0 Å². The van der Waals surface area contributed by atoms with Crippen molar-refractivity contribution < 1.29 is 9.94 Å². The summed E-state index contributed by atoms with van der Waals surface area (Å²) < 4.78 is 5.33. The van der Waals surface area contributed by atoms with Gasteiger partial charge in [-0.3, -0.25) is 0 Å². The zero-order valence-electron chi connectivity index (χ0n) is 13.5. The summed E-state index contributed by atoms with van der Waals surface area (Å²) in [6.45, 7) is 2.58. The Kier molecular flexibility index (Phi) is 4.65. The molecule has 23 heavy (non-hydrogen) atoms. The van der Waals surface area contributed by atoms with Crippen LogP contribution < -0.4 is 4.74 Å². The molecule has 0 bridgehead atoms. The molecule has 4 heteroatoms. The van der Waals surface area contributed by atoms with Crippen LogP contribution in [0.3, 0.4) is 0 Å². The number of nitrogens with zero attached hydrogens (tertiary/aromatic N) is 1. The van der Waals surface area contributed by atoms with E-state index in [9.17, 15) is 5.21 Å². The highest BCUT2D eigenvalue weighted by Gasteiger charge is 2.21. The second-order valence-corrected chi connectivity index (χ2v) is 5.66. The topological polar surface area (TPSA) is 48.5 Å². The van der Waals surface area contributed by atoms with Crippen molar-refractivity contribution >= 4 is 10.9 Å². The number of aromatic nitrogens is 1. The van der Waals surface area contributed by atoms with E-state index >= 15 is 0 Å². The van der Waals surface area contributed by atoms with Gasteiger partial charge in [-0.15, -0.1) is 0 Å². The number of ether oxygens (including phenoxy) is 1. The number of hydrogen-bond acceptors (Lipinski definition) is 3. The van der Waals surface area contributed by atoms with Crippen LogP contribution in [0.1, 0.15) is 30.5 Å². The predicted octanol–water partition coefficient (Wildman–Crippen LogP) is 4.52. The molecule has 4 nitrogen and oxygen atoms in total. The maximum Gasteiger partial charge on any atom is 0.119 e. The molecule has 0 aliphatic carbocycles. The predicted molar refractivity (Wildman–Crippen MR) is 91.7 cm³/mol. The van der Waals surface area contributed by atoms with Gasteiger partial charge in [0.25, 0.3) is 0 Å². The van der Waals surface area contributed by atoms with Crippen LogP contribution in [-0.4, -0.2) is 22.4 Å². The molecule has 0 aliphatic heterocycles. The highest BCUT2D eigenvalue weighted by atomic mass is 16.5. The minimum absolute atomic E-state index is 0.0731. The average Bonchev–Trinajstić information content (AvgIpc) is 2.99. The number of nitrogens with one attached hydrogen (secondary N) is 1. The first-order valence-corrected chi connectivity index (χ1v) is 7.87. The lowest BCUT2D eigenvalue weighted by Crippen LogP contribution is -2.24. The van der Waals surface area contributed by atoms with E-state index in [1.165, 1.54) is 5.06 Å². The van der Waals surface area contributed by atoms with Crippen molar-refractivity contribution in [2.45, 2.75) is 25.9 Å². The Morgan fingerprint density at radius 3 is 2.65 bits per heavy atom. The van der Waals surface area contributed by atoms with Gasteiger partial charge in [-0.25, -0.2) is 0 Å². The largest absolute Gasteiger partial charge is 0.497 e. The quantitative estimate of drug-likeness (QED) is 0.658. The molecule has 1 unspecified atom stereocenters. The van der Waals surface area contributed by atoms with Gasteiger partial charge in [0, 0.05) is 23.6 Å². The zero-order chi connectivity index (χ0) is 16.2. The molecule has 1 aromatic heterocycles. The molecule has 1 heterocycles. The zero-order valence-corrected chi connectivity index (χ0v) is 13.5. The molecule has 3 rings (SSSR count). The number of methoxy groups -OCH3 is 1. The SMILES string of the molecule is CCC(c1c[nH]c2ccc(OC)cc12)N(O)Cc1ccccc1. The van der Waals surface area contributed by atoms with Crippen LogP contribution in [0.5, 0.6) is 5.75 Å². The summed E-state index contributed by atoms with van der Waals surface area (Å²) >= 11 is 0. The van der Waals surface area contributed by atoms with E-state index in [1.54, 1.807) is 7.11 Å². The molecule has 2 N–H and O–H groups in total. The van der Waals surface area contributed by atoms with Gasteiger partial charge in [0.05, 0.1) is 13.2 Å². The number of benzene rings is 2. The second kappa shape index (κ2) is 6.86. The number of hydrogen-bond donors (Lipinski definition) is 2. The molecule has 0 saturated carbocycles. The molecule has 3 aromatic rings. The van der Waals surface area contributed by atoms with Crippen molar-refractivity contribution in [2.75, 3.05) is 7.11 Å². The molecular formula is C19H22N2O2. The average molecular weight is 310 g/mol. The van der Waals surface area contributed by atoms with Crippen LogP contribution in [0.4, 0.5) is 0 Å². The summed E-state index contributed by atoms with van der Waals surface area (Å²) in [5.74, 6) is 0.820. The molecule has 0 spiro atoms. The standard InChI is InChI=1S/C19H22N2O2/c1-3-19(21(22)13-14-7-5-4-6-8-14)17-12-20-18-10-9-15(23-2)11-16(17)18/h4-12,19-20,22H,3,13H2,1-2H3. The Bertz CT molecular complexity index is 767. The molecule has 0 fully saturated rings. The maximum absolute atomic E-state index is 10.6. The van der Waals surface area contributed by atoms with Crippen LogP contribution in [0.2, 0.25) is 0 Å². The van der Waals surface area contributed by atoms with E-state index in [0.717, 1.165) is 34.2 Å². The summed E-state index contributed by atoms with van der Waals surface area (Å²) in [4.78, 5) is 3.28. The minimum Gasteiger partial charge on any atom is -0.497 e. The molecule has 1 atom stereocenters. The van der Waals surface area contributed by atoms with E-state index in [2.05, 4.69) is 11.9 Å². The first-order valence-electron chi connectivity index (χ1n) is 7.87. The molecule has 0 amide bonds. The Morgan fingerprint density at radius 2 is 1.96 bits per heavy atom. The number of rotatable bonds is 6.